The summed E-state index contributed by atoms with van der Waals surface area (Å²) in [5.74, 6) is 0.414. The van der Waals surface area contributed by atoms with E-state index in [4.69, 9.17) is 11.6 Å². The van der Waals surface area contributed by atoms with Crippen LogP contribution in [0.15, 0.2) is 48.8 Å². The molecule has 3 heterocycles. The van der Waals surface area contributed by atoms with Crippen molar-refractivity contribution in [2.75, 3.05) is 18.4 Å². The molecule has 0 aliphatic carbocycles. The molecule has 3 aromatic rings. The van der Waals surface area contributed by atoms with Gasteiger partial charge in [0, 0.05) is 24.8 Å². The lowest BCUT2D eigenvalue weighted by Crippen LogP contribution is -2.51. The number of rotatable bonds is 5. The first-order chi connectivity index (χ1) is 14.5. The third kappa shape index (κ3) is 4.43. The predicted octanol–water partition coefficient (Wildman–Crippen LogP) is 3.81. The van der Waals surface area contributed by atoms with E-state index in [1.807, 2.05) is 11.0 Å². The summed E-state index contributed by atoms with van der Waals surface area (Å²) in [5, 5.41) is 11.4. The van der Waals surface area contributed by atoms with Crippen LogP contribution in [-0.2, 0) is 0 Å². The number of halogens is 2. The molecule has 30 heavy (non-hydrogen) atoms. The number of piperidine rings is 1. The smallest absolute Gasteiger partial charge is 0.254 e. The molecular formula is C21H22ClFN6O. The third-order valence-corrected chi connectivity index (χ3v) is 5.63. The number of carbonyl (C=O) groups excluding carboxylic acids is 1. The lowest BCUT2D eigenvalue weighted by molar-refractivity contribution is 0.0540. The molecule has 0 bridgehead atoms. The third-order valence-electron chi connectivity index (χ3n) is 5.41. The van der Waals surface area contributed by atoms with Crippen LogP contribution in [0.1, 0.15) is 30.1 Å². The number of nitrogens with one attached hydrogen (secondary N) is 1. The van der Waals surface area contributed by atoms with Crippen molar-refractivity contribution in [1.29, 1.82) is 0 Å². The summed E-state index contributed by atoms with van der Waals surface area (Å²) in [6, 6.07) is 10.5. The zero-order valence-electron chi connectivity index (χ0n) is 16.5. The topological polar surface area (TPSA) is 75.9 Å². The van der Waals surface area contributed by atoms with E-state index in [0.29, 0.717) is 35.3 Å². The van der Waals surface area contributed by atoms with Crippen molar-refractivity contribution in [1.82, 2.24) is 24.9 Å². The van der Waals surface area contributed by atoms with E-state index < -0.39 is 5.95 Å². The summed E-state index contributed by atoms with van der Waals surface area (Å²) < 4.78 is 13.1. The Bertz CT molecular complexity index is 1010. The van der Waals surface area contributed by atoms with Crippen molar-refractivity contribution >= 4 is 23.3 Å². The maximum Gasteiger partial charge on any atom is 0.254 e. The van der Waals surface area contributed by atoms with E-state index in [9.17, 15) is 9.18 Å². The predicted molar refractivity (Wildman–Crippen MR) is 112 cm³/mol. The molecule has 1 aliphatic rings. The molecule has 1 aliphatic heterocycles. The number of aromatic nitrogens is 4. The first-order valence-electron chi connectivity index (χ1n) is 9.86. The maximum absolute atomic E-state index is 13.2. The summed E-state index contributed by atoms with van der Waals surface area (Å²) >= 11 is 5.90. The fourth-order valence-electron chi connectivity index (χ4n) is 3.77. The van der Waals surface area contributed by atoms with Gasteiger partial charge in [0.15, 0.2) is 0 Å². The average molecular weight is 429 g/mol. The number of carbonyl (C=O) groups is 1. The molecule has 4 rings (SSSR count). The highest BCUT2D eigenvalue weighted by Crippen LogP contribution is 2.26. The molecule has 1 aromatic carbocycles. The van der Waals surface area contributed by atoms with Gasteiger partial charge in [-0.3, -0.25) is 4.79 Å². The monoisotopic (exact) mass is 428 g/mol. The standard InChI is InChI=1S/C21H22ClFN6O/c1-14-3-2-10-28(18(14)12-25-20-9-6-16(22)11-24-20)21(30)15-4-7-17(8-5-15)29-26-13-19(23)27-29/h4-9,11,13-14,18H,2-3,10,12H2,1H3,(H,24,25)/t14-,18-/m1/s1. The largest absolute Gasteiger partial charge is 0.368 e. The van der Waals surface area contributed by atoms with Crippen LogP contribution < -0.4 is 5.32 Å². The van der Waals surface area contributed by atoms with Gasteiger partial charge in [0.1, 0.15) is 12.0 Å². The number of likely N-dealkylation sites (tertiary alicyclic amines) is 1. The second kappa shape index (κ2) is 8.79. The fourth-order valence-corrected chi connectivity index (χ4v) is 3.89. The Morgan fingerprint density at radius 2 is 2.03 bits per heavy atom. The zero-order chi connectivity index (χ0) is 21.1. The lowest BCUT2D eigenvalue weighted by Gasteiger charge is -2.40. The molecule has 156 valence electrons. The van der Waals surface area contributed by atoms with Crippen LogP contribution in [-0.4, -0.2) is 49.9 Å². The molecule has 1 saturated heterocycles. The minimum absolute atomic E-state index is 0.0245. The zero-order valence-corrected chi connectivity index (χ0v) is 17.3. The highest BCUT2D eigenvalue weighted by molar-refractivity contribution is 6.30. The molecule has 0 spiro atoms. The second-order valence-electron chi connectivity index (χ2n) is 7.43. The SMILES string of the molecule is C[C@@H]1CCCN(C(=O)c2ccc(-n3ncc(F)n3)cc2)[C@@H]1CNc1ccc(Cl)cn1. The number of pyridine rings is 1. The van der Waals surface area contributed by atoms with Crippen LogP contribution in [0, 0.1) is 11.9 Å². The molecule has 0 saturated carbocycles. The van der Waals surface area contributed by atoms with Crippen molar-refractivity contribution < 1.29 is 9.18 Å². The Morgan fingerprint density at radius 1 is 1.23 bits per heavy atom. The highest BCUT2D eigenvalue weighted by Gasteiger charge is 2.32. The van der Waals surface area contributed by atoms with Crippen LogP contribution in [0.5, 0.6) is 0 Å². The quantitative estimate of drug-likeness (QED) is 0.668. The molecule has 2 aromatic heterocycles. The van der Waals surface area contributed by atoms with Crippen LogP contribution >= 0.6 is 11.6 Å². The van der Waals surface area contributed by atoms with Gasteiger partial charge in [0.2, 0.25) is 0 Å². The van der Waals surface area contributed by atoms with Crippen molar-refractivity contribution in [3.8, 4) is 5.69 Å². The summed E-state index contributed by atoms with van der Waals surface area (Å²) in [7, 11) is 0. The van der Waals surface area contributed by atoms with Gasteiger partial charge < -0.3 is 10.2 Å². The fraction of sp³-hybridized carbons (Fsp3) is 0.333. The molecule has 1 N–H and O–H groups in total. The minimum Gasteiger partial charge on any atom is -0.368 e. The number of amides is 1. The van der Waals surface area contributed by atoms with Gasteiger partial charge in [0.25, 0.3) is 11.9 Å². The van der Waals surface area contributed by atoms with Crippen LogP contribution in [0.4, 0.5) is 10.2 Å². The summed E-state index contributed by atoms with van der Waals surface area (Å²) in [6.07, 6.45) is 4.68. The Morgan fingerprint density at radius 3 is 2.70 bits per heavy atom. The van der Waals surface area contributed by atoms with Gasteiger partial charge in [0.05, 0.1) is 16.8 Å². The number of hydrogen-bond donors (Lipinski definition) is 1. The first-order valence-corrected chi connectivity index (χ1v) is 10.2. The molecule has 2 atom stereocenters. The Balaban J connectivity index is 1.48. The van der Waals surface area contributed by atoms with E-state index >= 15 is 0 Å². The van der Waals surface area contributed by atoms with E-state index in [2.05, 4.69) is 27.4 Å². The van der Waals surface area contributed by atoms with Crippen molar-refractivity contribution in [3.05, 3.63) is 65.3 Å². The molecular weight excluding hydrogens is 407 g/mol. The van der Waals surface area contributed by atoms with Crippen molar-refractivity contribution in [2.24, 2.45) is 5.92 Å². The van der Waals surface area contributed by atoms with Gasteiger partial charge in [-0.05, 0) is 55.2 Å². The van der Waals surface area contributed by atoms with E-state index in [1.54, 1.807) is 36.5 Å². The number of nitrogens with zero attached hydrogens (tertiary/aromatic N) is 5. The molecule has 7 nitrogen and oxygen atoms in total. The van der Waals surface area contributed by atoms with Gasteiger partial charge >= 0.3 is 0 Å². The first kappa shape index (κ1) is 20.3. The summed E-state index contributed by atoms with van der Waals surface area (Å²) in [5.41, 5.74) is 1.17. The molecule has 1 fully saturated rings. The van der Waals surface area contributed by atoms with Gasteiger partial charge in [-0.1, -0.05) is 18.5 Å². The van der Waals surface area contributed by atoms with Gasteiger partial charge in [-0.2, -0.15) is 9.49 Å². The van der Waals surface area contributed by atoms with Crippen LogP contribution in [0.3, 0.4) is 0 Å². The Labute approximate surface area is 178 Å². The van der Waals surface area contributed by atoms with E-state index in [0.717, 1.165) is 24.9 Å². The second-order valence-corrected chi connectivity index (χ2v) is 7.87. The van der Waals surface area contributed by atoms with Gasteiger partial charge in [-0.25, -0.2) is 4.98 Å². The van der Waals surface area contributed by atoms with E-state index in [-0.39, 0.29) is 11.9 Å². The lowest BCUT2D eigenvalue weighted by atomic mass is 9.90. The number of hydrogen-bond acceptors (Lipinski definition) is 5. The highest BCUT2D eigenvalue weighted by atomic mass is 35.5. The number of anilines is 1. The summed E-state index contributed by atoms with van der Waals surface area (Å²) in [4.78, 5) is 20.6. The molecule has 0 unspecified atom stereocenters. The molecule has 9 heteroatoms. The summed E-state index contributed by atoms with van der Waals surface area (Å²) in [6.45, 7) is 3.48. The Kier molecular flexibility index (Phi) is 5.94. The van der Waals surface area contributed by atoms with Gasteiger partial charge in [-0.15, -0.1) is 9.90 Å². The molecule has 0 radical (unpaired) electrons. The minimum atomic E-state index is -0.650. The van der Waals surface area contributed by atoms with Crippen LogP contribution in [0.25, 0.3) is 5.69 Å². The van der Waals surface area contributed by atoms with Crippen LogP contribution in [0.2, 0.25) is 5.02 Å². The Hall–Kier alpha value is -3.00. The normalized spacial score (nSPS) is 19.0. The van der Waals surface area contributed by atoms with Crippen molar-refractivity contribution in [2.45, 2.75) is 25.8 Å². The maximum atomic E-state index is 13.2. The van der Waals surface area contributed by atoms with E-state index in [1.165, 1.54) is 4.80 Å². The number of benzene rings is 1. The van der Waals surface area contributed by atoms with Crippen molar-refractivity contribution in [3.63, 3.8) is 0 Å². The average Bonchev–Trinajstić information content (AvgIpc) is 3.20. The molecule has 1 amide bonds.